The standard InChI is InChI=1S/C66H43NO2/c1-65(2)54-25-10-7-21-49(54)50-33-31-44(38-59(50)65)67(45-32-34-52-51-22-9-12-28-60(51)68-61(52)39-45)43-18-13-17-42(37-43)46-24-14-27-56-62(46)53-23-8-11-26-55(53)66(56)57-35-29-40-15-3-5-19-47(40)63(57)69-64-48-20-6-4-16-41(48)30-36-58(64)66/h3-39H,1-2H3. The van der Waals surface area contributed by atoms with Crippen LogP contribution in [0.3, 0.4) is 0 Å². The number of para-hydroxylation sites is 1. The first kappa shape index (κ1) is 38.4. The summed E-state index contributed by atoms with van der Waals surface area (Å²) in [7, 11) is 0. The van der Waals surface area contributed by atoms with Crippen LogP contribution < -0.4 is 9.64 Å². The van der Waals surface area contributed by atoms with Gasteiger partial charge in [0.15, 0.2) is 0 Å². The highest BCUT2D eigenvalue weighted by Crippen LogP contribution is 2.65. The molecule has 0 unspecified atom stereocenters. The zero-order valence-electron chi connectivity index (χ0n) is 38.1. The Morgan fingerprint density at radius 2 is 0.913 bits per heavy atom. The Balaban J connectivity index is 0.963. The number of hydrogen-bond donors (Lipinski definition) is 0. The average Bonchev–Trinajstić information content (AvgIpc) is 4.00. The molecule has 69 heavy (non-hydrogen) atoms. The molecule has 3 nitrogen and oxygen atoms in total. The van der Waals surface area contributed by atoms with Crippen molar-refractivity contribution < 1.29 is 9.15 Å². The molecule has 3 heteroatoms. The van der Waals surface area contributed by atoms with E-state index in [1.165, 1.54) is 50.1 Å². The Bertz CT molecular complexity index is 4090. The van der Waals surface area contributed by atoms with E-state index in [0.717, 1.165) is 88.7 Å². The lowest BCUT2D eigenvalue weighted by Crippen LogP contribution is -2.32. The number of fused-ring (bicyclic) bond motifs is 19. The number of nitrogens with zero attached hydrogens (tertiary/aromatic N) is 1. The molecule has 324 valence electrons. The van der Waals surface area contributed by atoms with Crippen LogP contribution in [0.25, 0.3) is 76.9 Å². The average molecular weight is 882 g/mol. The topological polar surface area (TPSA) is 25.6 Å². The summed E-state index contributed by atoms with van der Waals surface area (Å²) in [5.41, 5.74) is 19.1. The molecule has 11 aromatic carbocycles. The van der Waals surface area contributed by atoms with Crippen LogP contribution >= 0.6 is 0 Å². The number of anilines is 3. The van der Waals surface area contributed by atoms with E-state index >= 15 is 0 Å². The van der Waals surface area contributed by atoms with E-state index in [2.05, 4.69) is 237 Å². The maximum absolute atomic E-state index is 7.25. The van der Waals surface area contributed by atoms with Gasteiger partial charge in [0, 0.05) is 61.2 Å². The molecule has 0 bridgehead atoms. The van der Waals surface area contributed by atoms with Crippen LogP contribution in [0, 0.1) is 0 Å². The van der Waals surface area contributed by atoms with Crippen molar-refractivity contribution in [3.63, 3.8) is 0 Å². The quantitative estimate of drug-likeness (QED) is 0.176. The van der Waals surface area contributed by atoms with Gasteiger partial charge in [0.25, 0.3) is 0 Å². The van der Waals surface area contributed by atoms with Gasteiger partial charge in [-0.05, 0) is 109 Å². The minimum atomic E-state index is -0.640. The predicted molar refractivity (Wildman–Crippen MR) is 284 cm³/mol. The molecule has 0 radical (unpaired) electrons. The Morgan fingerprint density at radius 1 is 0.348 bits per heavy atom. The number of ether oxygens (including phenoxy) is 1. The molecule has 0 amide bonds. The van der Waals surface area contributed by atoms with Crippen molar-refractivity contribution in [2.45, 2.75) is 24.7 Å². The van der Waals surface area contributed by atoms with Crippen molar-refractivity contribution in [1.82, 2.24) is 0 Å². The minimum absolute atomic E-state index is 0.161. The first-order valence-corrected chi connectivity index (χ1v) is 24.0. The van der Waals surface area contributed by atoms with Gasteiger partial charge in [0.05, 0.1) is 5.41 Å². The van der Waals surface area contributed by atoms with Crippen molar-refractivity contribution in [3.8, 4) is 44.9 Å². The monoisotopic (exact) mass is 881 g/mol. The third-order valence-electron chi connectivity index (χ3n) is 15.7. The van der Waals surface area contributed by atoms with Crippen molar-refractivity contribution in [2.75, 3.05) is 4.90 Å². The normalized spacial score (nSPS) is 14.3. The van der Waals surface area contributed by atoms with Crippen LogP contribution in [0.15, 0.2) is 229 Å². The van der Waals surface area contributed by atoms with Gasteiger partial charge in [-0.3, -0.25) is 0 Å². The highest BCUT2D eigenvalue weighted by atomic mass is 16.5. The van der Waals surface area contributed by atoms with Crippen LogP contribution in [0.2, 0.25) is 0 Å². The molecule has 1 aliphatic heterocycles. The van der Waals surface area contributed by atoms with E-state index in [9.17, 15) is 0 Å². The first-order chi connectivity index (χ1) is 34.0. The summed E-state index contributed by atoms with van der Waals surface area (Å²) in [6, 6.07) is 82.5. The van der Waals surface area contributed by atoms with Crippen molar-refractivity contribution in [1.29, 1.82) is 0 Å². The summed E-state index contributed by atoms with van der Waals surface area (Å²) in [6.45, 7) is 4.71. The van der Waals surface area contributed by atoms with Crippen LogP contribution in [-0.2, 0) is 10.8 Å². The molecule has 0 atom stereocenters. The molecule has 1 aromatic heterocycles. The zero-order valence-corrected chi connectivity index (χ0v) is 38.1. The van der Waals surface area contributed by atoms with E-state index in [-0.39, 0.29) is 5.41 Å². The first-order valence-electron chi connectivity index (χ1n) is 24.0. The van der Waals surface area contributed by atoms with Crippen LogP contribution in [0.4, 0.5) is 17.1 Å². The fourth-order valence-corrected chi connectivity index (χ4v) is 12.6. The Hall–Kier alpha value is -8.66. The lowest BCUT2D eigenvalue weighted by molar-refractivity contribution is 0.447. The molecule has 15 rings (SSSR count). The van der Waals surface area contributed by atoms with E-state index in [1.807, 2.05) is 6.07 Å². The van der Waals surface area contributed by atoms with Gasteiger partial charge in [-0.15, -0.1) is 0 Å². The molecule has 12 aromatic rings. The van der Waals surface area contributed by atoms with Crippen LogP contribution in [0.5, 0.6) is 11.5 Å². The van der Waals surface area contributed by atoms with Crippen LogP contribution in [-0.4, -0.2) is 0 Å². The van der Waals surface area contributed by atoms with E-state index < -0.39 is 5.41 Å². The summed E-state index contributed by atoms with van der Waals surface area (Å²) in [6.07, 6.45) is 0. The Labute approximate surface area is 400 Å². The van der Waals surface area contributed by atoms with Gasteiger partial charge in [-0.25, -0.2) is 0 Å². The summed E-state index contributed by atoms with van der Waals surface area (Å²) in [5.74, 6) is 1.84. The van der Waals surface area contributed by atoms with Gasteiger partial charge in [0.1, 0.15) is 22.7 Å². The summed E-state index contributed by atoms with van der Waals surface area (Å²) >= 11 is 0. The second-order valence-corrected chi connectivity index (χ2v) is 19.5. The van der Waals surface area contributed by atoms with Gasteiger partial charge in [-0.1, -0.05) is 190 Å². The number of hydrogen-bond acceptors (Lipinski definition) is 3. The predicted octanol–water partition coefficient (Wildman–Crippen LogP) is 17.8. The van der Waals surface area contributed by atoms with Gasteiger partial charge in [-0.2, -0.15) is 0 Å². The van der Waals surface area contributed by atoms with Gasteiger partial charge in [0.2, 0.25) is 0 Å². The van der Waals surface area contributed by atoms with E-state index in [1.54, 1.807) is 0 Å². The van der Waals surface area contributed by atoms with Crippen molar-refractivity contribution >= 4 is 60.5 Å². The summed E-state index contributed by atoms with van der Waals surface area (Å²) in [4.78, 5) is 2.41. The van der Waals surface area contributed by atoms with Gasteiger partial charge >= 0.3 is 0 Å². The molecule has 0 fully saturated rings. The Morgan fingerprint density at radius 3 is 1.70 bits per heavy atom. The fraction of sp³-hybridized carbons (Fsp3) is 0.0606. The number of furan rings is 1. The Kier molecular flexibility index (Phi) is 7.77. The molecule has 0 saturated heterocycles. The SMILES string of the molecule is CC1(C)c2ccccc2-c2ccc(N(c3cccc(-c4cccc5c4-c4ccccc4C54c5ccc6ccccc6c5Oc5c4ccc4ccccc54)c3)c3ccc4c(c3)oc3ccccc34)cc21. The molecule has 0 saturated carbocycles. The summed E-state index contributed by atoms with van der Waals surface area (Å²) in [5, 5.41) is 6.78. The zero-order chi connectivity index (χ0) is 45.6. The maximum Gasteiger partial charge on any atom is 0.140 e. The van der Waals surface area contributed by atoms with Crippen molar-refractivity contribution in [2.24, 2.45) is 0 Å². The third-order valence-corrected chi connectivity index (χ3v) is 15.7. The highest BCUT2D eigenvalue weighted by molar-refractivity contribution is 6.07. The smallest absolute Gasteiger partial charge is 0.140 e. The molecular weight excluding hydrogens is 839 g/mol. The second-order valence-electron chi connectivity index (χ2n) is 19.5. The van der Waals surface area contributed by atoms with Crippen molar-refractivity contribution in [3.05, 3.63) is 258 Å². The lowest BCUT2D eigenvalue weighted by Gasteiger charge is -2.40. The molecule has 1 spiro atoms. The highest BCUT2D eigenvalue weighted by Gasteiger charge is 2.52. The van der Waals surface area contributed by atoms with Crippen LogP contribution in [0.1, 0.15) is 47.2 Å². The number of rotatable bonds is 4. The lowest BCUT2D eigenvalue weighted by atomic mass is 9.65. The minimum Gasteiger partial charge on any atom is -0.456 e. The van der Waals surface area contributed by atoms with E-state index in [0.29, 0.717) is 0 Å². The van der Waals surface area contributed by atoms with E-state index in [4.69, 9.17) is 9.15 Å². The number of benzene rings is 11. The fourth-order valence-electron chi connectivity index (χ4n) is 12.6. The molecule has 0 N–H and O–H groups in total. The molecule has 3 aliphatic rings. The molecule has 2 heterocycles. The summed E-state index contributed by atoms with van der Waals surface area (Å²) < 4.78 is 13.8. The molecule has 2 aliphatic carbocycles. The van der Waals surface area contributed by atoms with Gasteiger partial charge < -0.3 is 14.1 Å². The third kappa shape index (κ3) is 5.17. The maximum atomic E-state index is 7.25. The largest absolute Gasteiger partial charge is 0.456 e. The second kappa shape index (κ2) is 13.9. The molecular formula is C66H43NO2.